The highest BCUT2D eigenvalue weighted by molar-refractivity contribution is 7.99. The second-order valence-electron chi connectivity index (χ2n) is 7.30. The summed E-state index contributed by atoms with van der Waals surface area (Å²) >= 11 is 1.30. The Kier molecular flexibility index (Phi) is 7.19. The maximum Gasteiger partial charge on any atom is 0.237 e. The average Bonchev–Trinajstić information content (AvgIpc) is 3.36. The number of ether oxygens (including phenoxy) is 1. The monoisotopic (exact) mass is 415 g/mol. The first-order chi connectivity index (χ1) is 14.0. The van der Waals surface area contributed by atoms with Crippen LogP contribution in [-0.4, -0.2) is 38.0 Å². The van der Waals surface area contributed by atoms with Gasteiger partial charge in [0, 0.05) is 12.2 Å². The molecule has 29 heavy (non-hydrogen) atoms. The molecule has 0 atom stereocenters. The fourth-order valence-corrected chi connectivity index (χ4v) is 4.00. The SMILES string of the molecule is CCN(C(=O)CSc1nnc(COc2ccc(C(C)C)cc2)n1N)C1=CCCC1. The zero-order valence-corrected chi connectivity index (χ0v) is 18.1. The van der Waals surface area contributed by atoms with Crippen LogP contribution in [0, 0.1) is 0 Å². The van der Waals surface area contributed by atoms with Crippen molar-refractivity contribution < 1.29 is 9.53 Å². The zero-order valence-electron chi connectivity index (χ0n) is 17.3. The van der Waals surface area contributed by atoms with Gasteiger partial charge in [-0.1, -0.05) is 43.8 Å². The van der Waals surface area contributed by atoms with Gasteiger partial charge in [0.15, 0.2) is 5.82 Å². The Labute approximate surface area is 176 Å². The van der Waals surface area contributed by atoms with Crippen molar-refractivity contribution in [3.05, 3.63) is 47.4 Å². The van der Waals surface area contributed by atoms with Crippen LogP contribution < -0.4 is 10.6 Å². The third kappa shape index (κ3) is 5.32. The molecule has 0 saturated heterocycles. The Morgan fingerprint density at radius 2 is 2.07 bits per heavy atom. The van der Waals surface area contributed by atoms with E-state index < -0.39 is 0 Å². The quantitative estimate of drug-likeness (QED) is 0.496. The predicted molar refractivity (Wildman–Crippen MR) is 115 cm³/mol. The third-order valence-corrected chi connectivity index (χ3v) is 5.88. The van der Waals surface area contributed by atoms with Crippen LogP contribution in [0.3, 0.4) is 0 Å². The van der Waals surface area contributed by atoms with Crippen LogP contribution >= 0.6 is 11.8 Å². The lowest BCUT2D eigenvalue weighted by Gasteiger charge is -2.21. The second kappa shape index (κ2) is 9.82. The Morgan fingerprint density at radius 3 is 2.69 bits per heavy atom. The second-order valence-corrected chi connectivity index (χ2v) is 8.24. The van der Waals surface area contributed by atoms with Gasteiger partial charge in [-0.15, -0.1) is 10.2 Å². The van der Waals surface area contributed by atoms with Gasteiger partial charge in [-0.3, -0.25) is 4.79 Å². The van der Waals surface area contributed by atoms with Crippen molar-refractivity contribution in [3.63, 3.8) is 0 Å². The molecule has 1 aliphatic rings. The van der Waals surface area contributed by atoms with Crippen LogP contribution in [0.2, 0.25) is 0 Å². The number of rotatable bonds is 9. The first kappa shape index (κ1) is 21.2. The van der Waals surface area contributed by atoms with E-state index in [9.17, 15) is 4.79 Å². The van der Waals surface area contributed by atoms with Crippen LogP contribution in [0.5, 0.6) is 5.75 Å². The summed E-state index contributed by atoms with van der Waals surface area (Å²) in [6, 6.07) is 7.99. The molecule has 1 aromatic heterocycles. The average molecular weight is 416 g/mol. The first-order valence-electron chi connectivity index (χ1n) is 10.0. The number of nitrogen functional groups attached to an aromatic ring is 1. The fraction of sp³-hybridized carbons (Fsp3) is 0.476. The van der Waals surface area contributed by atoms with E-state index in [1.165, 1.54) is 22.0 Å². The minimum Gasteiger partial charge on any atom is -0.486 e. The molecule has 2 N–H and O–H groups in total. The summed E-state index contributed by atoms with van der Waals surface area (Å²) in [6.07, 6.45) is 5.29. The number of thioether (sulfide) groups is 1. The van der Waals surface area contributed by atoms with Crippen molar-refractivity contribution in [3.8, 4) is 5.75 Å². The molecule has 0 unspecified atom stereocenters. The van der Waals surface area contributed by atoms with Gasteiger partial charge in [-0.25, -0.2) is 4.68 Å². The summed E-state index contributed by atoms with van der Waals surface area (Å²) < 4.78 is 7.17. The van der Waals surface area contributed by atoms with Gasteiger partial charge < -0.3 is 15.5 Å². The van der Waals surface area contributed by atoms with E-state index in [2.05, 4.69) is 42.3 Å². The predicted octanol–water partition coefficient (Wildman–Crippen LogP) is 3.70. The molecule has 1 heterocycles. The molecule has 2 aromatic rings. The van der Waals surface area contributed by atoms with Crippen LogP contribution in [0.4, 0.5) is 0 Å². The standard InChI is InChI=1S/C21H29N5O2S/c1-4-25(17-7-5-6-8-17)20(27)14-29-21-24-23-19(26(21)22)13-28-18-11-9-16(10-12-18)15(2)3/h7,9-12,15H,4-6,8,13-14,22H2,1-3H3. The Morgan fingerprint density at radius 1 is 1.31 bits per heavy atom. The normalized spacial score (nSPS) is 13.6. The van der Waals surface area contributed by atoms with Gasteiger partial charge >= 0.3 is 0 Å². The number of carbonyl (C=O) groups excluding carboxylic acids is 1. The molecule has 0 bridgehead atoms. The van der Waals surface area contributed by atoms with Crippen molar-refractivity contribution in [1.82, 2.24) is 19.8 Å². The summed E-state index contributed by atoms with van der Waals surface area (Å²) in [7, 11) is 0. The van der Waals surface area contributed by atoms with Crippen LogP contribution in [-0.2, 0) is 11.4 Å². The topological polar surface area (TPSA) is 86.3 Å². The van der Waals surface area contributed by atoms with Crippen LogP contribution in [0.1, 0.15) is 57.3 Å². The molecular weight excluding hydrogens is 386 g/mol. The number of aromatic nitrogens is 3. The molecule has 1 aromatic carbocycles. The molecule has 156 valence electrons. The Bertz CT molecular complexity index is 860. The number of hydrogen-bond acceptors (Lipinski definition) is 6. The van der Waals surface area contributed by atoms with E-state index in [1.807, 2.05) is 24.0 Å². The molecule has 0 saturated carbocycles. The van der Waals surface area contributed by atoms with E-state index in [0.29, 0.717) is 23.4 Å². The molecule has 1 aliphatic carbocycles. The molecule has 1 amide bonds. The fourth-order valence-electron chi connectivity index (χ4n) is 3.24. The van der Waals surface area contributed by atoms with E-state index in [1.54, 1.807) is 0 Å². The van der Waals surface area contributed by atoms with Crippen molar-refractivity contribution in [2.45, 2.75) is 57.7 Å². The smallest absolute Gasteiger partial charge is 0.237 e. The van der Waals surface area contributed by atoms with Gasteiger partial charge in [0.2, 0.25) is 11.1 Å². The number of nitrogens with zero attached hydrogens (tertiary/aromatic N) is 4. The molecule has 0 fully saturated rings. The highest BCUT2D eigenvalue weighted by Crippen LogP contribution is 2.24. The number of amides is 1. The first-order valence-corrected chi connectivity index (χ1v) is 11.0. The van der Waals surface area contributed by atoms with Crippen molar-refractivity contribution in [2.75, 3.05) is 18.1 Å². The molecular formula is C21H29N5O2S. The molecule has 0 spiro atoms. The summed E-state index contributed by atoms with van der Waals surface area (Å²) in [5.41, 5.74) is 2.39. The number of carbonyl (C=O) groups is 1. The molecule has 3 rings (SSSR count). The summed E-state index contributed by atoms with van der Waals surface area (Å²) in [6.45, 7) is 7.20. The van der Waals surface area contributed by atoms with Gasteiger partial charge in [-0.2, -0.15) is 0 Å². The van der Waals surface area contributed by atoms with Crippen molar-refractivity contribution in [1.29, 1.82) is 0 Å². The number of allylic oxidation sites excluding steroid dienone is 2. The highest BCUT2D eigenvalue weighted by Gasteiger charge is 2.20. The lowest BCUT2D eigenvalue weighted by Crippen LogP contribution is -2.31. The Balaban J connectivity index is 1.54. The number of benzene rings is 1. The van der Waals surface area contributed by atoms with Gasteiger partial charge in [0.1, 0.15) is 12.4 Å². The van der Waals surface area contributed by atoms with Gasteiger partial charge in [0.25, 0.3) is 0 Å². The molecule has 0 radical (unpaired) electrons. The van der Waals surface area contributed by atoms with Crippen LogP contribution in [0.15, 0.2) is 41.2 Å². The van der Waals surface area contributed by atoms with Gasteiger partial charge in [0.05, 0.1) is 5.75 Å². The van der Waals surface area contributed by atoms with Crippen molar-refractivity contribution >= 4 is 17.7 Å². The van der Waals surface area contributed by atoms with Crippen LogP contribution in [0.25, 0.3) is 0 Å². The summed E-state index contributed by atoms with van der Waals surface area (Å²) in [4.78, 5) is 14.4. The molecule has 7 nitrogen and oxygen atoms in total. The maximum absolute atomic E-state index is 12.6. The van der Waals surface area contributed by atoms with E-state index in [0.717, 1.165) is 30.7 Å². The minimum atomic E-state index is 0.0664. The maximum atomic E-state index is 12.6. The zero-order chi connectivity index (χ0) is 20.8. The Hall–Kier alpha value is -2.48. The van der Waals surface area contributed by atoms with Crippen molar-refractivity contribution in [2.24, 2.45) is 0 Å². The van der Waals surface area contributed by atoms with E-state index in [-0.39, 0.29) is 18.3 Å². The largest absolute Gasteiger partial charge is 0.486 e. The lowest BCUT2D eigenvalue weighted by atomic mass is 10.0. The number of hydrogen-bond donors (Lipinski definition) is 1. The summed E-state index contributed by atoms with van der Waals surface area (Å²) in [5.74, 6) is 8.19. The molecule has 8 heteroatoms. The minimum absolute atomic E-state index is 0.0664. The summed E-state index contributed by atoms with van der Waals surface area (Å²) in [5, 5.41) is 8.71. The van der Waals surface area contributed by atoms with E-state index >= 15 is 0 Å². The molecule has 0 aliphatic heterocycles. The van der Waals surface area contributed by atoms with Gasteiger partial charge in [-0.05, 0) is 49.8 Å². The lowest BCUT2D eigenvalue weighted by molar-refractivity contribution is -0.126. The highest BCUT2D eigenvalue weighted by atomic mass is 32.2. The third-order valence-electron chi connectivity index (χ3n) is 4.96. The van der Waals surface area contributed by atoms with E-state index in [4.69, 9.17) is 10.6 Å². The number of nitrogens with two attached hydrogens (primary N) is 1.